The standard InChI is InChI=1S/C20H18F3N3O5/c21-20(22,23)15-6-1-2-7-16(15)30-11-14-10-26(19(29)31-14)13-5-3-4-12(8-13)18(24)25-9-17(27)28/h1-8,14H,9-11H2,(H2,24,25)(H,27,28). The van der Waals surface area contributed by atoms with E-state index in [1.54, 1.807) is 18.2 Å². The number of hydrogen-bond donors (Lipinski definition) is 2. The quantitative estimate of drug-likeness (QED) is 0.509. The number of ether oxygens (including phenoxy) is 2. The van der Waals surface area contributed by atoms with Gasteiger partial charge in [-0.05, 0) is 24.3 Å². The average molecular weight is 437 g/mol. The number of amidine groups is 1. The normalized spacial score (nSPS) is 16.9. The van der Waals surface area contributed by atoms with E-state index in [4.69, 9.17) is 20.3 Å². The molecule has 164 valence electrons. The maximum atomic E-state index is 13.1. The van der Waals surface area contributed by atoms with Crippen LogP contribution >= 0.6 is 0 Å². The lowest BCUT2D eigenvalue weighted by Crippen LogP contribution is -2.27. The minimum absolute atomic E-state index is 0.0135. The fourth-order valence-corrected chi connectivity index (χ4v) is 2.91. The number of benzene rings is 2. The second-order valence-electron chi connectivity index (χ2n) is 6.57. The summed E-state index contributed by atoms with van der Waals surface area (Å²) in [6.07, 6.45) is -6.07. The van der Waals surface area contributed by atoms with Crippen LogP contribution in [0, 0.1) is 0 Å². The van der Waals surface area contributed by atoms with Crippen LogP contribution in [0.4, 0.5) is 23.7 Å². The maximum Gasteiger partial charge on any atom is 0.419 e. The summed E-state index contributed by atoms with van der Waals surface area (Å²) in [5.41, 5.74) is 5.68. The summed E-state index contributed by atoms with van der Waals surface area (Å²) in [4.78, 5) is 27.9. The first-order valence-electron chi connectivity index (χ1n) is 9.04. The Morgan fingerprint density at radius 1 is 1.26 bits per heavy atom. The minimum Gasteiger partial charge on any atom is -0.489 e. The molecule has 0 aliphatic carbocycles. The van der Waals surface area contributed by atoms with Crippen molar-refractivity contribution in [2.75, 3.05) is 24.6 Å². The number of carbonyl (C=O) groups excluding carboxylic acids is 1. The molecule has 1 saturated heterocycles. The Labute approximate surface area is 174 Å². The van der Waals surface area contributed by atoms with Crippen molar-refractivity contribution >= 4 is 23.6 Å². The van der Waals surface area contributed by atoms with Crippen LogP contribution in [-0.4, -0.2) is 48.8 Å². The molecule has 8 nitrogen and oxygen atoms in total. The van der Waals surface area contributed by atoms with Gasteiger partial charge in [-0.2, -0.15) is 13.2 Å². The highest BCUT2D eigenvalue weighted by Crippen LogP contribution is 2.36. The van der Waals surface area contributed by atoms with Crippen LogP contribution < -0.4 is 15.4 Å². The fraction of sp³-hybridized carbons (Fsp3) is 0.250. The first-order chi connectivity index (χ1) is 14.6. The van der Waals surface area contributed by atoms with E-state index in [9.17, 15) is 22.8 Å². The van der Waals surface area contributed by atoms with E-state index in [-0.39, 0.29) is 24.7 Å². The average Bonchev–Trinajstić information content (AvgIpc) is 3.10. The molecule has 3 N–H and O–H groups in total. The van der Waals surface area contributed by atoms with Gasteiger partial charge >= 0.3 is 18.2 Å². The Hall–Kier alpha value is -3.76. The fourth-order valence-electron chi connectivity index (χ4n) is 2.91. The van der Waals surface area contributed by atoms with E-state index < -0.39 is 36.5 Å². The van der Waals surface area contributed by atoms with Crippen LogP contribution in [0.25, 0.3) is 0 Å². The van der Waals surface area contributed by atoms with Gasteiger partial charge in [0.25, 0.3) is 0 Å². The molecular formula is C20H18F3N3O5. The van der Waals surface area contributed by atoms with Crippen molar-refractivity contribution in [1.29, 1.82) is 0 Å². The Balaban J connectivity index is 1.68. The smallest absolute Gasteiger partial charge is 0.419 e. The Bertz CT molecular complexity index is 1010. The van der Waals surface area contributed by atoms with Crippen molar-refractivity contribution in [3.63, 3.8) is 0 Å². The summed E-state index contributed by atoms with van der Waals surface area (Å²) in [5, 5.41) is 8.69. The van der Waals surface area contributed by atoms with Crippen LogP contribution in [0.1, 0.15) is 11.1 Å². The molecule has 0 aromatic heterocycles. The van der Waals surface area contributed by atoms with Crippen molar-refractivity contribution in [3.05, 3.63) is 59.7 Å². The number of aliphatic carboxylic acids is 1. The van der Waals surface area contributed by atoms with Gasteiger partial charge in [-0.1, -0.05) is 24.3 Å². The summed E-state index contributed by atoms with van der Waals surface area (Å²) in [5.74, 6) is -1.51. The van der Waals surface area contributed by atoms with Crippen LogP contribution in [0.15, 0.2) is 53.5 Å². The highest BCUT2D eigenvalue weighted by Gasteiger charge is 2.36. The number of halogens is 3. The Morgan fingerprint density at radius 3 is 2.71 bits per heavy atom. The van der Waals surface area contributed by atoms with Gasteiger partial charge in [0.15, 0.2) is 6.10 Å². The molecular weight excluding hydrogens is 419 g/mol. The molecule has 31 heavy (non-hydrogen) atoms. The summed E-state index contributed by atoms with van der Waals surface area (Å²) in [6.45, 7) is -0.722. The molecule has 1 heterocycles. The molecule has 1 atom stereocenters. The van der Waals surface area contributed by atoms with E-state index in [0.717, 1.165) is 6.07 Å². The van der Waals surface area contributed by atoms with Gasteiger partial charge < -0.3 is 20.3 Å². The van der Waals surface area contributed by atoms with Crippen LogP contribution in [0.3, 0.4) is 0 Å². The number of cyclic esters (lactones) is 1. The molecule has 0 radical (unpaired) electrons. The first-order valence-corrected chi connectivity index (χ1v) is 9.04. The maximum absolute atomic E-state index is 13.1. The topological polar surface area (TPSA) is 114 Å². The number of rotatable bonds is 7. The number of anilines is 1. The molecule has 1 aliphatic rings. The molecule has 1 amide bonds. The van der Waals surface area contributed by atoms with E-state index in [1.807, 2.05) is 0 Å². The second-order valence-corrected chi connectivity index (χ2v) is 6.57. The number of para-hydroxylation sites is 1. The van der Waals surface area contributed by atoms with E-state index in [2.05, 4.69) is 4.99 Å². The number of alkyl halides is 3. The molecule has 11 heteroatoms. The Kier molecular flexibility index (Phi) is 6.33. The van der Waals surface area contributed by atoms with Crippen molar-refractivity contribution in [2.45, 2.75) is 12.3 Å². The van der Waals surface area contributed by atoms with Crippen molar-refractivity contribution in [2.24, 2.45) is 10.7 Å². The van der Waals surface area contributed by atoms with Crippen LogP contribution in [0.5, 0.6) is 5.75 Å². The zero-order chi connectivity index (χ0) is 22.6. The number of nitrogens with zero attached hydrogens (tertiary/aromatic N) is 2. The molecule has 0 bridgehead atoms. The van der Waals surface area contributed by atoms with Gasteiger partial charge in [0.1, 0.15) is 24.7 Å². The third-order valence-corrected chi connectivity index (χ3v) is 4.33. The third-order valence-electron chi connectivity index (χ3n) is 4.33. The van der Waals surface area contributed by atoms with Gasteiger partial charge in [0.2, 0.25) is 0 Å². The van der Waals surface area contributed by atoms with Gasteiger partial charge in [-0.25, -0.2) is 4.79 Å². The molecule has 2 aromatic carbocycles. The molecule has 1 aliphatic heterocycles. The van der Waals surface area contributed by atoms with Crippen molar-refractivity contribution < 1.29 is 37.3 Å². The lowest BCUT2D eigenvalue weighted by atomic mass is 10.1. The third kappa shape index (κ3) is 5.44. The number of amides is 1. The van der Waals surface area contributed by atoms with Gasteiger partial charge in [-0.15, -0.1) is 0 Å². The number of aliphatic imine (C=N–C) groups is 1. The monoisotopic (exact) mass is 437 g/mol. The molecule has 2 aromatic rings. The lowest BCUT2D eigenvalue weighted by Gasteiger charge is -2.16. The summed E-state index contributed by atoms with van der Waals surface area (Å²) in [7, 11) is 0. The largest absolute Gasteiger partial charge is 0.489 e. The number of carboxylic acids is 1. The molecule has 1 fully saturated rings. The van der Waals surface area contributed by atoms with Crippen molar-refractivity contribution in [1.82, 2.24) is 0 Å². The van der Waals surface area contributed by atoms with Crippen LogP contribution in [0.2, 0.25) is 0 Å². The lowest BCUT2D eigenvalue weighted by molar-refractivity contribution is -0.139. The number of carboxylic acid groups (broad SMARTS) is 1. The van der Waals surface area contributed by atoms with Crippen LogP contribution in [-0.2, 0) is 15.7 Å². The SMILES string of the molecule is NC(=NCC(=O)O)c1cccc(N2CC(COc3ccccc3C(F)(F)F)OC2=O)c1. The Morgan fingerprint density at radius 2 is 2.00 bits per heavy atom. The van der Waals surface area contributed by atoms with E-state index >= 15 is 0 Å². The van der Waals surface area contributed by atoms with Gasteiger partial charge in [-0.3, -0.25) is 14.7 Å². The number of nitrogens with two attached hydrogens (primary N) is 1. The van der Waals surface area contributed by atoms with E-state index in [1.165, 1.54) is 29.2 Å². The number of carbonyl (C=O) groups is 2. The van der Waals surface area contributed by atoms with Gasteiger partial charge in [0, 0.05) is 11.3 Å². The van der Waals surface area contributed by atoms with E-state index in [0.29, 0.717) is 11.3 Å². The summed E-state index contributed by atoms with van der Waals surface area (Å²) in [6, 6.07) is 11.1. The molecule has 3 rings (SSSR count). The van der Waals surface area contributed by atoms with Gasteiger partial charge in [0.05, 0.1) is 12.1 Å². The highest BCUT2D eigenvalue weighted by atomic mass is 19.4. The number of hydrogen-bond acceptors (Lipinski definition) is 5. The zero-order valence-electron chi connectivity index (χ0n) is 16.0. The molecule has 0 saturated carbocycles. The molecule has 1 unspecified atom stereocenters. The predicted molar refractivity (Wildman–Crippen MR) is 104 cm³/mol. The summed E-state index contributed by atoms with van der Waals surface area (Å²) >= 11 is 0. The second kappa shape index (κ2) is 8.94. The highest BCUT2D eigenvalue weighted by molar-refractivity contribution is 6.00. The first kappa shape index (κ1) is 21.9. The predicted octanol–water partition coefficient (Wildman–Crippen LogP) is 2.90. The molecule has 0 spiro atoms. The zero-order valence-corrected chi connectivity index (χ0v) is 16.0. The minimum atomic E-state index is -4.57. The summed E-state index contributed by atoms with van der Waals surface area (Å²) < 4.78 is 49.7. The van der Waals surface area contributed by atoms with Crippen molar-refractivity contribution in [3.8, 4) is 5.75 Å².